The largest absolute Gasteiger partial charge is 0.383 e. The maximum Gasteiger partial charge on any atom is 0.301 e. The number of ether oxygens (including phenoxy) is 1. The lowest BCUT2D eigenvalue weighted by molar-refractivity contribution is 0.204. The van der Waals surface area contributed by atoms with Crippen molar-refractivity contribution in [2.24, 2.45) is 0 Å². The second-order valence-corrected chi connectivity index (χ2v) is 5.95. The molecule has 0 aromatic heterocycles. The average Bonchev–Trinajstić information content (AvgIpc) is 2.61. The Balaban J connectivity index is 2.23. The molecule has 0 amide bonds. The molecule has 1 heterocycles. The second kappa shape index (κ2) is 6.33. The summed E-state index contributed by atoms with van der Waals surface area (Å²) in [6.07, 6.45) is 0. The maximum absolute atomic E-state index is 12.3. The van der Waals surface area contributed by atoms with Crippen LogP contribution in [0.1, 0.15) is 5.56 Å². The van der Waals surface area contributed by atoms with Crippen molar-refractivity contribution in [2.75, 3.05) is 37.7 Å². The summed E-state index contributed by atoms with van der Waals surface area (Å²) in [4.78, 5) is 0. The minimum atomic E-state index is -3.53. The highest BCUT2D eigenvalue weighted by atomic mass is 32.2. The van der Waals surface area contributed by atoms with E-state index in [-0.39, 0.29) is 6.54 Å². The van der Waals surface area contributed by atoms with Gasteiger partial charge in [0.15, 0.2) is 0 Å². The highest BCUT2D eigenvalue weighted by Crippen LogP contribution is 2.23. The molecule has 0 fully saturated rings. The molecule has 2 N–H and O–H groups in total. The Kier molecular flexibility index (Phi) is 4.76. The molecule has 106 valence electrons. The van der Waals surface area contributed by atoms with E-state index in [0.717, 1.165) is 11.3 Å². The van der Waals surface area contributed by atoms with Crippen LogP contribution < -0.4 is 14.3 Å². The van der Waals surface area contributed by atoms with E-state index in [9.17, 15) is 8.42 Å². The molecule has 1 aliphatic heterocycles. The standard InChI is InChI=1S/C12H19N3O3S/c1-18-9-7-14-19(16,17)15-8-6-13-10-11-4-2-3-5-12(11)15/h2-5,13-14H,6-10H2,1H3. The van der Waals surface area contributed by atoms with Crippen molar-refractivity contribution in [1.29, 1.82) is 0 Å². The number of rotatable bonds is 5. The molecule has 2 rings (SSSR count). The zero-order valence-corrected chi connectivity index (χ0v) is 11.7. The van der Waals surface area contributed by atoms with Crippen LogP contribution in [-0.2, 0) is 21.5 Å². The lowest BCUT2D eigenvalue weighted by Crippen LogP contribution is -2.43. The molecule has 1 aromatic rings. The summed E-state index contributed by atoms with van der Waals surface area (Å²) in [5.41, 5.74) is 1.72. The number of hydrogen-bond acceptors (Lipinski definition) is 4. The van der Waals surface area contributed by atoms with Crippen LogP contribution >= 0.6 is 0 Å². The molecular weight excluding hydrogens is 266 g/mol. The van der Waals surface area contributed by atoms with Gasteiger partial charge in [0.2, 0.25) is 0 Å². The zero-order chi connectivity index (χ0) is 13.7. The van der Waals surface area contributed by atoms with Gasteiger partial charge in [-0.1, -0.05) is 18.2 Å². The van der Waals surface area contributed by atoms with E-state index in [0.29, 0.717) is 26.2 Å². The van der Waals surface area contributed by atoms with Gasteiger partial charge in [-0.15, -0.1) is 0 Å². The van der Waals surface area contributed by atoms with Crippen molar-refractivity contribution in [3.63, 3.8) is 0 Å². The Bertz CT molecular complexity index is 519. The van der Waals surface area contributed by atoms with E-state index in [4.69, 9.17) is 4.74 Å². The first-order valence-electron chi connectivity index (χ1n) is 6.20. The third kappa shape index (κ3) is 3.44. The Morgan fingerprint density at radius 3 is 3.00 bits per heavy atom. The summed E-state index contributed by atoms with van der Waals surface area (Å²) in [5.74, 6) is 0. The Labute approximate surface area is 113 Å². The fourth-order valence-corrected chi connectivity index (χ4v) is 3.29. The minimum Gasteiger partial charge on any atom is -0.383 e. The van der Waals surface area contributed by atoms with Gasteiger partial charge in [-0.3, -0.25) is 4.31 Å². The van der Waals surface area contributed by atoms with E-state index < -0.39 is 10.2 Å². The highest BCUT2D eigenvalue weighted by molar-refractivity contribution is 7.90. The van der Waals surface area contributed by atoms with E-state index in [1.165, 1.54) is 4.31 Å². The number of nitrogens with zero attached hydrogens (tertiary/aromatic N) is 1. The van der Waals surface area contributed by atoms with Gasteiger partial charge < -0.3 is 10.1 Å². The van der Waals surface area contributed by atoms with Gasteiger partial charge in [0.25, 0.3) is 0 Å². The summed E-state index contributed by atoms with van der Waals surface area (Å²) >= 11 is 0. The van der Waals surface area contributed by atoms with Crippen LogP contribution in [0.4, 0.5) is 5.69 Å². The Morgan fingerprint density at radius 1 is 1.42 bits per heavy atom. The lowest BCUT2D eigenvalue weighted by Gasteiger charge is -2.24. The number of methoxy groups -OCH3 is 1. The van der Waals surface area contributed by atoms with Gasteiger partial charge in [0, 0.05) is 33.3 Å². The van der Waals surface area contributed by atoms with Crippen molar-refractivity contribution in [2.45, 2.75) is 6.54 Å². The predicted molar refractivity (Wildman–Crippen MR) is 74.3 cm³/mol. The van der Waals surface area contributed by atoms with E-state index in [1.54, 1.807) is 7.11 Å². The average molecular weight is 285 g/mol. The molecule has 0 radical (unpaired) electrons. The number of hydrogen-bond donors (Lipinski definition) is 2. The molecule has 0 atom stereocenters. The van der Waals surface area contributed by atoms with E-state index in [2.05, 4.69) is 10.0 Å². The molecule has 7 heteroatoms. The topological polar surface area (TPSA) is 70.7 Å². The van der Waals surface area contributed by atoms with E-state index in [1.807, 2.05) is 24.3 Å². The first-order valence-corrected chi connectivity index (χ1v) is 7.64. The van der Waals surface area contributed by atoms with E-state index >= 15 is 0 Å². The van der Waals surface area contributed by atoms with Gasteiger partial charge in [-0.25, -0.2) is 0 Å². The van der Waals surface area contributed by atoms with Crippen LogP contribution in [0.5, 0.6) is 0 Å². The first kappa shape index (κ1) is 14.3. The summed E-state index contributed by atoms with van der Waals surface area (Å²) in [6, 6.07) is 7.53. The molecule has 6 nitrogen and oxygen atoms in total. The van der Waals surface area contributed by atoms with Crippen molar-refractivity contribution in [1.82, 2.24) is 10.0 Å². The molecule has 0 unspecified atom stereocenters. The van der Waals surface area contributed by atoms with Crippen molar-refractivity contribution >= 4 is 15.9 Å². The van der Waals surface area contributed by atoms with Crippen LogP contribution in [0.3, 0.4) is 0 Å². The zero-order valence-electron chi connectivity index (χ0n) is 10.9. The molecule has 0 aliphatic carbocycles. The number of para-hydroxylation sites is 1. The highest BCUT2D eigenvalue weighted by Gasteiger charge is 2.25. The van der Waals surface area contributed by atoms with Crippen LogP contribution in [0.15, 0.2) is 24.3 Å². The summed E-state index contributed by atoms with van der Waals surface area (Å²) in [5, 5.41) is 3.21. The molecule has 19 heavy (non-hydrogen) atoms. The smallest absolute Gasteiger partial charge is 0.301 e. The Hall–Kier alpha value is -1.15. The second-order valence-electron chi connectivity index (χ2n) is 4.27. The predicted octanol–water partition coefficient (Wildman–Crippen LogP) is 0.0770. The molecular formula is C12H19N3O3S. The van der Waals surface area contributed by atoms with Crippen LogP contribution in [0.25, 0.3) is 0 Å². The monoisotopic (exact) mass is 285 g/mol. The maximum atomic E-state index is 12.3. The van der Waals surface area contributed by atoms with Crippen molar-refractivity contribution < 1.29 is 13.2 Å². The molecule has 0 saturated heterocycles. The van der Waals surface area contributed by atoms with Crippen LogP contribution in [-0.4, -0.2) is 41.8 Å². The molecule has 0 bridgehead atoms. The number of benzene rings is 1. The SMILES string of the molecule is COCCNS(=O)(=O)N1CCNCc2ccccc21. The normalized spacial score (nSPS) is 15.9. The van der Waals surface area contributed by atoms with Gasteiger partial charge in [0.05, 0.1) is 12.3 Å². The van der Waals surface area contributed by atoms with Crippen LogP contribution in [0, 0.1) is 0 Å². The fourth-order valence-electron chi connectivity index (χ4n) is 2.03. The molecule has 0 spiro atoms. The quantitative estimate of drug-likeness (QED) is 0.752. The Morgan fingerprint density at radius 2 is 2.21 bits per heavy atom. The van der Waals surface area contributed by atoms with Crippen molar-refractivity contribution in [3.8, 4) is 0 Å². The molecule has 1 aliphatic rings. The third-order valence-corrected chi connectivity index (χ3v) is 4.48. The number of fused-ring (bicyclic) bond motifs is 1. The lowest BCUT2D eigenvalue weighted by atomic mass is 10.2. The third-order valence-electron chi connectivity index (χ3n) is 2.95. The minimum absolute atomic E-state index is 0.269. The summed E-state index contributed by atoms with van der Waals surface area (Å²) in [6.45, 7) is 2.34. The summed E-state index contributed by atoms with van der Waals surface area (Å²) in [7, 11) is -1.99. The molecule has 0 saturated carbocycles. The van der Waals surface area contributed by atoms with Gasteiger partial charge >= 0.3 is 10.2 Å². The molecule has 1 aromatic carbocycles. The van der Waals surface area contributed by atoms with Gasteiger partial charge in [-0.05, 0) is 11.6 Å². The fraction of sp³-hybridized carbons (Fsp3) is 0.500. The first-order chi connectivity index (χ1) is 9.15. The number of nitrogens with one attached hydrogen (secondary N) is 2. The van der Waals surface area contributed by atoms with Crippen molar-refractivity contribution in [3.05, 3.63) is 29.8 Å². The van der Waals surface area contributed by atoms with Gasteiger partial charge in [0.1, 0.15) is 0 Å². The summed E-state index contributed by atoms with van der Waals surface area (Å²) < 4.78 is 33.4. The van der Waals surface area contributed by atoms with Gasteiger partial charge in [-0.2, -0.15) is 13.1 Å². The number of anilines is 1. The van der Waals surface area contributed by atoms with Crippen LogP contribution in [0.2, 0.25) is 0 Å².